The van der Waals surface area contributed by atoms with Crippen molar-refractivity contribution < 1.29 is 9.47 Å². The van der Waals surface area contributed by atoms with Gasteiger partial charge >= 0.3 is 0 Å². The highest BCUT2D eigenvalue weighted by Crippen LogP contribution is 2.43. The van der Waals surface area contributed by atoms with Gasteiger partial charge in [-0.15, -0.1) is 0 Å². The average molecular weight is 419 g/mol. The summed E-state index contributed by atoms with van der Waals surface area (Å²) in [5.41, 5.74) is 4.81. The van der Waals surface area contributed by atoms with Crippen LogP contribution in [-0.4, -0.2) is 0 Å². The van der Waals surface area contributed by atoms with Crippen LogP contribution in [0, 0.1) is 13.8 Å². The summed E-state index contributed by atoms with van der Waals surface area (Å²) in [6.07, 6.45) is 0. The molecule has 32 heavy (non-hydrogen) atoms. The van der Waals surface area contributed by atoms with Gasteiger partial charge in [-0.1, -0.05) is 108 Å². The van der Waals surface area contributed by atoms with Crippen molar-refractivity contribution in [2.45, 2.75) is 27.1 Å². The fourth-order valence-electron chi connectivity index (χ4n) is 4.04. The first-order valence-electron chi connectivity index (χ1n) is 11.0. The van der Waals surface area contributed by atoms with Gasteiger partial charge in [-0.05, 0) is 25.0 Å². The molecule has 158 valence electrons. The molecule has 2 heteroatoms. The Kier molecular flexibility index (Phi) is 5.51. The van der Waals surface area contributed by atoms with Crippen LogP contribution in [0.5, 0.6) is 11.5 Å². The molecule has 0 atom stereocenters. The molecule has 0 fully saturated rings. The fourth-order valence-corrected chi connectivity index (χ4v) is 4.04. The molecule has 2 nitrogen and oxygen atoms in total. The van der Waals surface area contributed by atoms with E-state index in [9.17, 15) is 0 Å². The number of ether oxygens (including phenoxy) is 2. The van der Waals surface area contributed by atoms with E-state index in [1.165, 1.54) is 11.1 Å². The Bertz CT molecular complexity index is 1200. The van der Waals surface area contributed by atoms with Crippen LogP contribution in [0.15, 0.2) is 97.1 Å². The molecule has 0 aliphatic carbocycles. The molecule has 5 rings (SSSR count). The summed E-state index contributed by atoms with van der Waals surface area (Å²) in [7, 11) is 0. The number of hydrogen-bond donors (Lipinski definition) is 0. The quantitative estimate of drug-likeness (QED) is 0.262. The van der Waals surface area contributed by atoms with Crippen molar-refractivity contribution in [2.24, 2.45) is 0 Å². The molecule has 0 N–H and O–H groups in total. The molecule has 0 unspecified atom stereocenters. The van der Waals surface area contributed by atoms with E-state index in [2.05, 4.69) is 111 Å². The molecule has 5 aromatic rings. The van der Waals surface area contributed by atoms with Crippen molar-refractivity contribution in [2.75, 3.05) is 0 Å². The minimum atomic E-state index is 0.526. The van der Waals surface area contributed by atoms with Crippen LogP contribution in [0.2, 0.25) is 0 Å². The van der Waals surface area contributed by atoms with Gasteiger partial charge in [0.2, 0.25) is 0 Å². The van der Waals surface area contributed by atoms with E-state index in [4.69, 9.17) is 9.47 Å². The van der Waals surface area contributed by atoms with Gasteiger partial charge in [0.25, 0.3) is 0 Å². The molecule has 5 aromatic carbocycles. The first-order chi connectivity index (χ1) is 15.7. The zero-order valence-corrected chi connectivity index (χ0v) is 18.5. The standard InChI is InChI=1S/C30H26O2/c1-21-11-15-23(16-12-21)19-31-29-25-7-3-5-9-27(25)30(28-10-6-4-8-26(28)29)32-20-24-17-13-22(2)14-18-24/h3-18H,19-20H2,1-2H3. The third kappa shape index (κ3) is 4.04. The Balaban J connectivity index is 1.56. The fraction of sp³-hybridized carbons (Fsp3) is 0.133. The molecule has 0 amide bonds. The molecule has 0 aromatic heterocycles. The smallest absolute Gasteiger partial charge is 0.135 e. The van der Waals surface area contributed by atoms with Gasteiger partial charge in [-0.2, -0.15) is 0 Å². The van der Waals surface area contributed by atoms with Crippen molar-refractivity contribution in [3.63, 3.8) is 0 Å². The number of benzene rings is 5. The highest BCUT2D eigenvalue weighted by atomic mass is 16.5. The van der Waals surface area contributed by atoms with Gasteiger partial charge in [0.1, 0.15) is 24.7 Å². The Morgan fingerprint density at radius 2 is 0.750 bits per heavy atom. The van der Waals surface area contributed by atoms with Crippen LogP contribution >= 0.6 is 0 Å². The predicted molar refractivity (Wildman–Crippen MR) is 132 cm³/mol. The number of rotatable bonds is 6. The summed E-state index contributed by atoms with van der Waals surface area (Å²) < 4.78 is 12.9. The predicted octanol–water partition coefficient (Wildman–Crippen LogP) is 7.77. The molecule has 0 saturated heterocycles. The van der Waals surface area contributed by atoms with E-state index >= 15 is 0 Å². The van der Waals surface area contributed by atoms with Crippen LogP contribution in [0.3, 0.4) is 0 Å². The maximum atomic E-state index is 6.43. The molecule has 0 spiro atoms. The number of hydrogen-bond acceptors (Lipinski definition) is 2. The van der Waals surface area contributed by atoms with Crippen molar-refractivity contribution >= 4 is 21.5 Å². The van der Waals surface area contributed by atoms with Crippen molar-refractivity contribution in [1.82, 2.24) is 0 Å². The molecule has 0 bridgehead atoms. The van der Waals surface area contributed by atoms with E-state index in [0.717, 1.165) is 44.2 Å². The topological polar surface area (TPSA) is 18.5 Å². The van der Waals surface area contributed by atoms with Crippen LogP contribution in [-0.2, 0) is 13.2 Å². The summed E-state index contributed by atoms with van der Waals surface area (Å²) in [5.74, 6) is 1.80. The lowest BCUT2D eigenvalue weighted by Gasteiger charge is -2.18. The highest BCUT2D eigenvalue weighted by Gasteiger charge is 2.16. The molecule has 0 heterocycles. The first kappa shape index (κ1) is 20.1. The third-order valence-electron chi connectivity index (χ3n) is 5.84. The maximum Gasteiger partial charge on any atom is 0.135 e. The second-order valence-electron chi connectivity index (χ2n) is 8.30. The lowest BCUT2D eigenvalue weighted by atomic mass is 10.0. The molecular weight excluding hydrogens is 392 g/mol. The Morgan fingerprint density at radius 1 is 0.438 bits per heavy atom. The normalized spacial score (nSPS) is 11.1. The zero-order valence-electron chi connectivity index (χ0n) is 18.5. The highest BCUT2D eigenvalue weighted by molar-refractivity contribution is 6.11. The van der Waals surface area contributed by atoms with Gasteiger partial charge in [0.15, 0.2) is 0 Å². The summed E-state index contributed by atoms with van der Waals surface area (Å²) in [6.45, 7) is 5.25. The number of aryl methyl sites for hydroxylation is 2. The minimum absolute atomic E-state index is 0.526. The van der Waals surface area contributed by atoms with E-state index in [-0.39, 0.29) is 0 Å². The summed E-state index contributed by atoms with van der Waals surface area (Å²) in [5, 5.41) is 4.27. The molecule has 0 saturated carbocycles. The molecule has 0 aliphatic rings. The molecular formula is C30H26O2. The summed E-state index contributed by atoms with van der Waals surface area (Å²) >= 11 is 0. The lowest BCUT2D eigenvalue weighted by Crippen LogP contribution is -2.00. The SMILES string of the molecule is Cc1ccc(COc2c3ccccc3c(OCc3ccc(C)cc3)c3ccccc23)cc1. The Hall–Kier alpha value is -3.78. The van der Waals surface area contributed by atoms with E-state index < -0.39 is 0 Å². The van der Waals surface area contributed by atoms with Crippen LogP contribution in [0.25, 0.3) is 21.5 Å². The largest absolute Gasteiger partial charge is 0.488 e. The first-order valence-corrected chi connectivity index (χ1v) is 11.0. The second-order valence-corrected chi connectivity index (χ2v) is 8.30. The van der Waals surface area contributed by atoms with Crippen molar-refractivity contribution in [3.05, 3.63) is 119 Å². The maximum absolute atomic E-state index is 6.43. The van der Waals surface area contributed by atoms with Gasteiger partial charge < -0.3 is 9.47 Å². The summed E-state index contributed by atoms with van der Waals surface area (Å²) in [4.78, 5) is 0. The lowest BCUT2D eigenvalue weighted by molar-refractivity contribution is 0.308. The van der Waals surface area contributed by atoms with Crippen LogP contribution < -0.4 is 9.47 Å². The van der Waals surface area contributed by atoms with Gasteiger partial charge in [0, 0.05) is 21.5 Å². The molecule has 0 radical (unpaired) electrons. The minimum Gasteiger partial charge on any atom is -0.488 e. The van der Waals surface area contributed by atoms with Crippen LogP contribution in [0.4, 0.5) is 0 Å². The average Bonchev–Trinajstić information content (AvgIpc) is 2.83. The van der Waals surface area contributed by atoms with E-state index in [1.807, 2.05) is 0 Å². The Labute approximate surface area is 189 Å². The zero-order chi connectivity index (χ0) is 21.9. The van der Waals surface area contributed by atoms with Crippen LogP contribution in [0.1, 0.15) is 22.3 Å². The van der Waals surface area contributed by atoms with Gasteiger partial charge in [-0.25, -0.2) is 0 Å². The van der Waals surface area contributed by atoms with Gasteiger partial charge in [0.05, 0.1) is 0 Å². The van der Waals surface area contributed by atoms with Crippen molar-refractivity contribution in [3.8, 4) is 11.5 Å². The van der Waals surface area contributed by atoms with Gasteiger partial charge in [-0.3, -0.25) is 0 Å². The summed E-state index contributed by atoms with van der Waals surface area (Å²) in [6, 6.07) is 33.7. The molecule has 0 aliphatic heterocycles. The number of fused-ring (bicyclic) bond motifs is 2. The van der Waals surface area contributed by atoms with Crippen molar-refractivity contribution in [1.29, 1.82) is 0 Å². The van der Waals surface area contributed by atoms with E-state index in [1.54, 1.807) is 0 Å². The third-order valence-corrected chi connectivity index (χ3v) is 5.84. The Morgan fingerprint density at radius 3 is 1.06 bits per heavy atom. The van der Waals surface area contributed by atoms with E-state index in [0.29, 0.717) is 13.2 Å². The monoisotopic (exact) mass is 418 g/mol. The second kappa shape index (κ2) is 8.76.